The van der Waals surface area contributed by atoms with Gasteiger partial charge in [0.2, 0.25) is 0 Å². The highest BCUT2D eigenvalue weighted by Crippen LogP contribution is 2.41. The van der Waals surface area contributed by atoms with E-state index < -0.39 is 16.5 Å². The van der Waals surface area contributed by atoms with Crippen LogP contribution < -0.4 is 0 Å². The molecule has 1 fully saturated rings. The fourth-order valence-corrected chi connectivity index (χ4v) is 6.67. The van der Waals surface area contributed by atoms with Crippen molar-refractivity contribution >= 4 is 17.4 Å². The highest BCUT2D eigenvalue weighted by molar-refractivity contribution is 6.09. The van der Waals surface area contributed by atoms with E-state index in [1.165, 1.54) is 36.2 Å². The van der Waals surface area contributed by atoms with Crippen LogP contribution in [0.25, 0.3) is 11.1 Å². The molecule has 1 saturated heterocycles. The maximum absolute atomic E-state index is 13.5. The fraction of sp³-hybridized carbons (Fsp3) is 0.359. The number of pyridine rings is 1. The van der Waals surface area contributed by atoms with Crippen molar-refractivity contribution in [1.82, 2.24) is 9.88 Å². The van der Waals surface area contributed by atoms with E-state index in [9.17, 15) is 19.7 Å². The van der Waals surface area contributed by atoms with E-state index in [4.69, 9.17) is 9.47 Å². The number of ketones is 1. The first kappa shape index (κ1) is 34.6. The lowest BCUT2D eigenvalue weighted by Gasteiger charge is -2.43. The molecule has 0 spiro atoms. The molecule has 9 nitrogen and oxygen atoms in total. The third kappa shape index (κ3) is 7.69. The Balaban J connectivity index is 1.36. The van der Waals surface area contributed by atoms with Crippen LogP contribution in [0.15, 0.2) is 84.9 Å². The molecule has 5 rings (SSSR count). The van der Waals surface area contributed by atoms with Gasteiger partial charge in [0.15, 0.2) is 5.78 Å². The smallest absolute Gasteiger partial charge is 0.341 e. The quantitative estimate of drug-likeness (QED) is 0.0534. The lowest BCUT2D eigenvalue weighted by Crippen LogP contribution is -2.44. The van der Waals surface area contributed by atoms with Gasteiger partial charge in [0.1, 0.15) is 5.60 Å². The van der Waals surface area contributed by atoms with Crippen LogP contribution in [0.1, 0.15) is 83.8 Å². The number of Topliss-reactive ketones (excluding diaryl/α,β-unsaturated/α-hetero) is 1. The van der Waals surface area contributed by atoms with Crippen LogP contribution in [0.4, 0.5) is 5.69 Å². The Morgan fingerprint density at radius 1 is 0.917 bits per heavy atom. The fourth-order valence-electron chi connectivity index (χ4n) is 6.67. The van der Waals surface area contributed by atoms with Crippen molar-refractivity contribution in [2.24, 2.45) is 0 Å². The van der Waals surface area contributed by atoms with Gasteiger partial charge < -0.3 is 14.4 Å². The molecule has 1 aromatic heterocycles. The number of non-ortho nitro benzene ring substituents is 1. The van der Waals surface area contributed by atoms with Gasteiger partial charge in [-0.15, -0.1) is 0 Å². The number of nitro benzene ring substituents is 1. The molecule has 9 heteroatoms. The van der Waals surface area contributed by atoms with Crippen molar-refractivity contribution in [3.8, 4) is 11.1 Å². The number of likely N-dealkylation sites (tertiary alicyclic amines) is 1. The minimum atomic E-state index is -0.808. The minimum Gasteiger partial charge on any atom is -0.456 e. The van der Waals surface area contributed by atoms with Crippen molar-refractivity contribution in [3.05, 3.63) is 129 Å². The zero-order valence-electron chi connectivity index (χ0n) is 28.3. The number of benzene rings is 3. The number of rotatable bonds is 11. The zero-order chi connectivity index (χ0) is 34.5. The molecule has 0 aliphatic carbocycles. The van der Waals surface area contributed by atoms with E-state index in [0.717, 1.165) is 25.9 Å². The Morgan fingerprint density at radius 2 is 1.52 bits per heavy atom. The van der Waals surface area contributed by atoms with E-state index in [0.29, 0.717) is 30.1 Å². The number of piperidine rings is 1. The van der Waals surface area contributed by atoms with Crippen LogP contribution in [-0.4, -0.2) is 58.4 Å². The molecule has 250 valence electrons. The van der Waals surface area contributed by atoms with Crippen LogP contribution in [0, 0.1) is 17.0 Å². The van der Waals surface area contributed by atoms with Gasteiger partial charge in [-0.2, -0.15) is 0 Å². The topological polar surface area (TPSA) is 112 Å². The van der Waals surface area contributed by atoms with E-state index in [-0.39, 0.29) is 40.2 Å². The van der Waals surface area contributed by atoms with Crippen LogP contribution in [-0.2, 0) is 21.5 Å². The summed E-state index contributed by atoms with van der Waals surface area (Å²) in [5, 5.41) is 11.6. The van der Waals surface area contributed by atoms with Gasteiger partial charge in [0.05, 0.1) is 35.1 Å². The molecule has 0 amide bonds. The average Bonchev–Trinajstić information content (AvgIpc) is 3.06. The Bertz CT molecular complexity index is 1730. The number of hydrogen-bond acceptors (Lipinski definition) is 8. The maximum Gasteiger partial charge on any atom is 0.341 e. The summed E-state index contributed by atoms with van der Waals surface area (Å²) in [5.74, 6) is -0.988. The maximum atomic E-state index is 13.5. The van der Waals surface area contributed by atoms with Gasteiger partial charge in [-0.25, -0.2) is 4.79 Å². The van der Waals surface area contributed by atoms with Crippen molar-refractivity contribution in [1.29, 1.82) is 0 Å². The van der Waals surface area contributed by atoms with Crippen LogP contribution >= 0.6 is 0 Å². The second-order valence-electron chi connectivity index (χ2n) is 13.3. The molecule has 3 aromatic carbocycles. The van der Waals surface area contributed by atoms with Crippen molar-refractivity contribution < 1.29 is 24.0 Å². The molecule has 1 aliphatic heterocycles. The average molecular weight is 650 g/mol. The van der Waals surface area contributed by atoms with Crippen LogP contribution in [0.2, 0.25) is 0 Å². The summed E-state index contributed by atoms with van der Waals surface area (Å²) in [6.45, 7) is 11.3. The molecule has 4 aromatic rings. The predicted octanol–water partition coefficient (Wildman–Crippen LogP) is 7.72. The molecule has 48 heavy (non-hydrogen) atoms. The van der Waals surface area contributed by atoms with Crippen molar-refractivity contribution in [2.75, 3.05) is 26.2 Å². The van der Waals surface area contributed by atoms with Crippen molar-refractivity contribution in [2.45, 2.75) is 65.1 Å². The standard InChI is InChI=1S/C39H43N3O6/c1-27-34(37(44)48-38(3,4)5)36(29-13-12-18-32(25-29)42(45)46)35(28(2)43)33(40-27)26-47-24-23-41-21-19-39(20-22-41,30-14-8-6-9-15-30)31-16-10-7-11-17-31/h6-18,25H,19-24,26H2,1-5H3. The van der Waals surface area contributed by atoms with Crippen molar-refractivity contribution in [3.63, 3.8) is 0 Å². The lowest BCUT2D eigenvalue weighted by atomic mass is 9.68. The highest BCUT2D eigenvalue weighted by Gasteiger charge is 2.37. The number of carbonyl (C=O) groups excluding carboxylic acids is 2. The molecule has 0 atom stereocenters. The molecule has 0 unspecified atom stereocenters. The number of nitrogens with zero attached hydrogens (tertiary/aromatic N) is 3. The number of nitro groups is 1. The Hall–Kier alpha value is -4.73. The Morgan fingerprint density at radius 3 is 2.06 bits per heavy atom. The van der Waals surface area contributed by atoms with Gasteiger partial charge >= 0.3 is 5.97 Å². The summed E-state index contributed by atoms with van der Waals surface area (Å²) in [6.07, 6.45) is 1.96. The summed E-state index contributed by atoms with van der Waals surface area (Å²) in [7, 11) is 0. The molecule has 0 radical (unpaired) electrons. The number of carbonyl (C=O) groups is 2. The first-order valence-electron chi connectivity index (χ1n) is 16.3. The first-order chi connectivity index (χ1) is 22.9. The third-order valence-electron chi connectivity index (χ3n) is 8.91. The van der Waals surface area contributed by atoms with Gasteiger partial charge in [-0.1, -0.05) is 72.8 Å². The van der Waals surface area contributed by atoms with Gasteiger partial charge in [0, 0.05) is 35.2 Å². The molecule has 0 bridgehead atoms. The second kappa shape index (κ2) is 14.6. The Kier molecular flexibility index (Phi) is 10.5. The van der Waals surface area contributed by atoms with Gasteiger partial charge in [0.25, 0.3) is 5.69 Å². The molecular weight excluding hydrogens is 606 g/mol. The van der Waals surface area contributed by atoms with Gasteiger partial charge in [-0.3, -0.25) is 19.9 Å². The first-order valence-corrected chi connectivity index (χ1v) is 16.3. The SMILES string of the molecule is CC(=O)c1c(COCCN2CCC(c3ccccc3)(c3ccccc3)CC2)nc(C)c(C(=O)OC(C)(C)C)c1-c1cccc([N+](=O)[O-])c1. The van der Waals surface area contributed by atoms with E-state index in [1.807, 2.05) is 0 Å². The molecule has 2 heterocycles. The number of aromatic nitrogens is 1. The van der Waals surface area contributed by atoms with Crippen LogP contribution in [0.3, 0.4) is 0 Å². The lowest BCUT2D eigenvalue weighted by molar-refractivity contribution is -0.384. The molecule has 1 aliphatic rings. The van der Waals surface area contributed by atoms with E-state index in [2.05, 4.69) is 70.5 Å². The number of aryl methyl sites for hydroxylation is 1. The molecule has 0 saturated carbocycles. The number of hydrogen-bond donors (Lipinski definition) is 0. The third-order valence-corrected chi connectivity index (χ3v) is 8.91. The predicted molar refractivity (Wildman–Crippen MR) is 185 cm³/mol. The largest absolute Gasteiger partial charge is 0.456 e. The summed E-state index contributed by atoms with van der Waals surface area (Å²) in [6, 6.07) is 27.4. The van der Waals surface area contributed by atoms with E-state index in [1.54, 1.807) is 33.8 Å². The van der Waals surface area contributed by atoms with E-state index >= 15 is 0 Å². The summed E-state index contributed by atoms with van der Waals surface area (Å²) < 4.78 is 11.8. The summed E-state index contributed by atoms with van der Waals surface area (Å²) >= 11 is 0. The monoisotopic (exact) mass is 649 g/mol. The van der Waals surface area contributed by atoms with Crippen LogP contribution in [0.5, 0.6) is 0 Å². The summed E-state index contributed by atoms with van der Waals surface area (Å²) in [4.78, 5) is 44.9. The normalized spacial score (nSPS) is 14.8. The second-order valence-corrected chi connectivity index (χ2v) is 13.3. The molecular formula is C39H43N3O6. The Labute approximate surface area is 282 Å². The molecule has 0 N–H and O–H groups in total. The minimum absolute atomic E-state index is 0.0398. The van der Waals surface area contributed by atoms with Gasteiger partial charge in [-0.05, 0) is 77.2 Å². The number of esters is 1. The zero-order valence-corrected chi connectivity index (χ0v) is 28.3. The summed E-state index contributed by atoms with van der Waals surface area (Å²) in [5.41, 5.74) is 3.30. The highest BCUT2D eigenvalue weighted by atomic mass is 16.6. The number of ether oxygens (including phenoxy) is 2.